The second-order valence-corrected chi connectivity index (χ2v) is 4.53. The summed E-state index contributed by atoms with van der Waals surface area (Å²) in [7, 11) is 0. The van der Waals surface area contributed by atoms with Crippen LogP contribution in [0.4, 0.5) is 0 Å². The van der Waals surface area contributed by atoms with Crippen LogP contribution in [0.5, 0.6) is 0 Å². The third-order valence-electron chi connectivity index (χ3n) is 2.70. The van der Waals surface area contributed by atoms with Gasteiger partial charge in [0.1, 0.15) is 0 Å². The fraction of sp³-hybridized carbons (Fsp3) is 0.857. The van der Waals surface area contributed by atoms with Crippen molar-refractivity contribution in [1.82, 2.24) is 0 Å². The van der Waals surface area contributed by atoms with Crippen molar-refractivity contribution in [3.05, 3.63) is 0 Å². The van der Waals surface area contributed by atoms with E-state index in [1.165, 1.54) is 19.3 Å². The second-order valence-electron chi connectivity index (χ2n) is 4.53. The smallest absolute Gasteiger partial charge is 0.247 e. The number of unbranched alkanes of at least 4 members (excludes halogenated alkanes) is 6. The Hall–Kier alpha value is -1.06. The van der Waals surface area contributed by atoms with Gasteiger partial charge in [0.15, 0.2) is 0 Å². The molecule has 0 aliphatic heterocycles. The molecule has 0 radical (unpaired) electrons. The lowest BCUT2D eigenvalue weighted by Gasteiger charge is -2.03. The maximum absolute atomic E-state index is 11.2. The van der Waals surface area contributed by atoms with Crippen LogP contribution in [0, 0.1) is 0 Å². The molecule has 0 aliphatic rings. The molecule has 0 spiro atoms. The Kier molecular flexibility index (Phi) is 11.7. The molecule has 0 unspecified atom stereocenters. The first-order valence-corrected chi connectivity index (χ1v) is 7.10. The molecular formula is C14H26O4. The molecule has 0 fully saturated rings. The van der Waals surface area contributed by atoms with Crippen LogP contribution in [0.1, 0.15) is 78.1 Å². The summed E-state index contributed by atoms with van der Waals surface area (Å²) in [4.78, 5) is 31.1. The molecule has 4 heteroatoms. The Morgan fingerprint density at radius 2 is 1.11 bits per heavy atom. The minimum Gasteiger partial charge on any atom is -0.247 e. The van der Waals surface area contributed by atoms with Crippen LogP contribution in [0.2, 0.25) is 0 Å². The standard InChI is InChI=1S/C14H26O4/c1-3-5-7-8-9-10-12-14(16)18-17-13(15)11-6-4-2/h3-12H2,1-2H3. The van der Waals surface area contributed by atoms with Crippen LogP contribution in [0.25, 0.3) is 0 Å². The minimum absolute atomic E-state index is 0.306. The molecule has 0 aliphatic carbocycles. The van der Waals surface area contributed by atoms with Crippen molar-refractivity contribution < 1.29 is 19.4 Å². The van der Waals surface area contributed by atoms with E-state index in [1.54, 1.807) is 0 Å². The van der Waals surface area contributed by atoms with Gasteiger partial charge in [-0.15, -0.1) is 0 Å². The molecule has 0 atom stereocenters. The van der Waals surface area contributed by atoms with Gasteiger partial charge in [-0.25, -0.2) is 19.4 Å². The van der Waals surface area contributed by atoms with Gasteiger partial charge in [0, 0.05) is 0 Å². The van der Waals surface area contributed by atoms with E-state index >= 15 is 0 Å². The van der Waals surface area contributed by atoms with Gasteiger partial charge in [-0.05, 0) is 12.8 Å². The van der Waals surface area contributed by atoms with Crippen molar-refractivity contribution in [2.75, 3.05) is 0 Å². The first-order valence-electron chi connectivity index (χ1n) is 7.10. The first kappa shape index (κ1) is 16.9. The highest BCUT2D eigenvalue weighted by Crippen LogP contribution is 2.07. The molecule has 0 aromatic heterocycles. The van der Waals surface area contributed by atoms with E-state index in [1.807, 2.05) is 6.92 Å². The quantitative estimate of drug-likeness (QED) is 0.338. The number of carbonyl (C=O) groups is 2. The van der Waals surface area contributed by atoms with E-state index in [4.69, 9.17) is 0 Å². The average Bonchev–Trinajstić information content (AvgIpc) is 2.38. The Morgan fingerprint density at radius 3 is 1.67 bits per heavy atom. The van der Waals surface area contributed by atoms with Gasteiger partial charge in [0.05, 0.1) is 12.8 Å². The van der Waals surface area contributed by atoms with E-state index in [0.29, 0.717) is 12.8 Å². The van der Waals surface area contributed by atoms with E-state index in [9.17, 15) is 9.59 Å². The maximum Gasteiger partial charge on any atom is 0.355 e. The van der Waals surface area contributed by atoms with Crippen molar-refractivity contribution in [2.45, 2.75) is 78.1 Å². The summed E-state index contributed by atoms with van der Waals surface area (Å²) < 4.78 is 0. The van der Waals surface area contributed by atoms with E-state index < -0.39 is 11.9 Å². The van der Waals surface area contributed by atoms with Gasteiger partial charge in [0.2, 0.25) is 0 Å². The zero-order valence-corrected chi connectivity index (χ0v) is 11.7. The van der Waals surface area contributed by atoms with Crippen molar-refractivity contribution in [1.29, 1.82) is 0 Å². The van der Waals surface area contributed by atoms with Crippen LogP contribution in [0.15, 0.2) is 0 Å². The highest BCUT2D eigenvalue weighted by atomic mass is 17.2. The summed E-state index contributed by atoms with van der Waals surface area (Å²) in [6.45, 7) is 4.15. The Morgan fingerprint density at radius 1 is 0.667 bits per heavy atom. The van der Waals surface area contributed by atoms with Crippen LogP contribution in [-0.2, 0) is 19.4 Å². The molecule has 0 saturated carbocycles. The zero-order chi connectivity index (χ0) is 13.6. The molecule has 0 N–H and O–H groups in total. The minimum atomic E-state index is -0.465. The molecular weight excluding hydrogens is 232 g/mol. The normalized spacial score (nSPS) is 10.1. The number of rotatable bonds is 10. The molecule has 0 saturated heterocycles. The average molecular weight is 258 g/mol. The lowest BCUT2D eigenvalue weighted by Crippen LogP contribution is -2.10. The van der Waals surface area contributed by atoms with Gasteiger partial charge in [-0.3, -0.25) is 0 Å². The lowest BCUT2D eigenvalue weighted by atomic mass is 10.1. The van der Waals surface area contributed by atoms with Crippen molar-refractivity contribution in [2.24, 2.45) is 0 Å². The topological polar surface area (TPSA) is 52.6 Å². The molecule has 106 valence electrons. The molecule has 0 bridgehead atoms. The Bertz CT molecular complexity index is 226. The summed E-state index contributed by atoms with van der Waals surface area (Å²) in [5.41, 5.74) is 0. The monoisotopic (exact) mass is 258 g/mol. The number of hydrogen-bond acceptors (Lipinski definition) is 4. The van der Waals surface area contributed by atoms with Crippen molar-refractivity contribution >= 4 is 11.9 Å². The zero-order valence-electron chi connectivity index (χ0n) is 11.7. The largest absolute Gasteiger partial charge is 0.355 e. The fourth-order valence-electron chi connectivity index (χ4n) is 1.55. The highest BCUT2D eigenvalue weighted by Gasteiger charge is 2.08. The molecule has 18 heavy (non-hydrogen) atoms. The summed E-state index contributed by atoms with van der Waals surface area (Å²) in [6.07, 6.45) is 8.97. The summed E-state index contributed by atoms with van der Waals surface area (Å²) in [5.74, 6) is -0.913. The highest BCUT2D eigenvalue weighted by molar-refractivity contribution is 5.72. The van der Waals surface area contributed by atoms with Crippen molar-refractivity contribution in [3.8, 4) is 0 Å². The Balaban J connectivity index is 3.34. The SMILES string of the molecule is CCCCCCCCC(=O)OOC(=O)CCCC. The van der Waals surface area contributed by atoms with E-state index in [2.05, 4.69) is 16.7 Å². The third-order valence-corrected chi connectivity index (χ3v) is 2.70. The maximum atomic E-state index is 11.2. The molecule has 0 rings (SSSR count). The predicted molar refractivity (Wildman–Crippen MR) is 69.7 cm³/mol. The number of carbonyl (C=O) groups excluding carboxylic acids is 2. The molecule has 4 nitrogen and oxygen atoms in total. The first-order chi connectivity index (χ1) is 8.70. The molecule has 0 amide bonds. The van der Waals surface area contributed by atoms with E-state index in [-0.39, 0.29) is 0 Å². The predicted octanol–water partition coefficient (Wildman–Crippen LogP) is 3.93. The van der Waals surface area contributed by atoms with Gasteiger partial charge >= 0.3 is 11.9 Å². The molecule has 0 aromatic carbocycles. The molecule has 0 aromatic rings. The van der Waals surface area contributed by atoms with Crippen molar-refractivity contribution in [3.63, 3.8) is 0 Å². The third kappa shape index (κ3) is 11.4. The fourth-order valence-corrected chi connectivity index (χ4v) is 1.55. The number of hydrogen-bond donors (Lipinski definition) is 0. The van der Waals surface area contributed by atoms with Gasteiger partial charge < -0.3 is 0 Å². The Labute approximate surface area is 110 Å². The van der Waals surface area contributed by atoms with Gasteiger partial charge in [0.25, 0.3) is 0 Å². The van der Waals surface area contributed by atoms with Crippen LogP contribution in [-0.4, -0.2) is 11.9 Å². The van der Waals surface area contributed by atoms with Gasteiger partial charge in [-0.1, -0.05) is 52.4 Å². The summed E-state index contributed by atoms with van der Waals surface area (Å²) in [6, 6.07) is 0. The summed E-state index contributed by atoms with van der Waals surface area (Å²) >= 11 is 0. The molecule has 0 heterocycles. The second kappa shape index (κ2) is 12.4. The summed E-state index contributed by atoms with van der Waals surface area (Å²) in [5, 5.41) is 0. The van der Waals surface area contributed by atoms with Crippen LogP contribution >= 0.6 is 0 Å². The van der Waals surface area contributed by atoms with Gasteiger partial charge in [-0.2, -0.15) is 0 Å². The van der Waals surface area contributed by atoms with E-state index in [0.717, 1.165) is 32.1 Å². The lowest BCUT2D eigenvalue weighted by molar-refractivity contribution is -0.259. The van der Waals surface area contributed by atoms with Crippen LogP contribution < -0.4 is 0 Å². The van der Waals surface area contributed by atoms with Crippen LogP contribution in [0.3, 0.4) is 0 Å².